The van der Waals surface area contributed by atoms with Gasteiger partial charge < -0.3 is 11.1 Å². The zero-order valence-electron chi connectivity index (χ0n) is 12.8. The van der Waals surface area contributed by atoms with Crippen LogP contribution in [0.5, 0.6) is 0 Å². The Morgan fingerprint density at radius 3 is 2.45 bits per heavy atom. The summed E-state index contributed by atoms with van der Waals surface area (Å²) < 4.78 is 0. The molecule has 0 bridgehead atoms. The van der Waals surface area contributed by atoms with Crippen molar-refractivity contribution in [2.24, 2.45) is 11.7 Å². The van der Waals surface area contributed by atoms with Crippen molar-refractivity contribution < 1.29 is 4.79 Å². The summed E-state index contributed by atoms with van der Waals surface area (Å²) >= 11 is 5.07. The molecule has 1 aliphatic carbocycles. The second kappa shape index (κ2) is 10.1. The van der Waals surface area contributed by atoms with Crippen molar-refractivity contribution in [3.05, 3.63) is 0 Å². The van der Waals surface area contributed by atoms with Gasteiger partial charge in [0.15, 0.2) is 0 Å². The third-order valence-electron chi connectivity index (χ3n) is 4.24. The molecule has 0 saturated heterocycles. The van der Waals surface area contributed by atoms with Crippen LogP contribution >= 0.6 is 12.2 Å². The van der Waals surface area contributed by atoms with Gasteiger partial charge in [0.1, 0.15) is 0 Å². The summed E-state index contributed by atoms with van der Waals surface area (Å²) in [6.07, 6.45) is 12.5. The lowest BCUT2D eigenvalue weighted by molar-refractivity contribution is -0.122. The molecule has 1 fully saturated rings. The van der Waals surface area contributed by atoms with Gasteiger partial charge in [-0.1, -0.05) is 64.1 Å². The fourth-order valence-electron chi connectivity index (χ4n) is 2.99. The number of amides is 1. The van der Waals surface area contributed by atoms with Crippen LogP contribution in [0.15, 0.2) is 0 Å². The number of rotatable bonds is 10. The molecule has 0 aromatic heterocycles. The van der Waals surface area contributed by atoms with Crippen LogP contribution in [0.2, 0.25) is 0 Å². The number of carbonyl (C=O) groups is 1. The largest absolute Gasteiger partial charge is 0.393 e. The third kappa shape index (κ3) is 6.69. The summed E-state index contributed by atoms with van der Waals surface area (Å²) in [4.78, 5) is 12.5. The maximum absolute atomic E-state index is 11.9. The second-order valence-corrected chi connectivity index (χ2v) is 6.46. The predicted octanol–water partition coefficient (Wildman–Crippen LogP) is 3.70. The standard InChI is InChI=1S/C16H30N2OS/c1-2-3-4-5-6-7-8-12-15(19)18-14-11-9-10-13(14)16(17)20/h13-14H,2-12H2,1H3,(H2,17,20)(H,18,19). The molecule has 1 aliphatic rings. The molecule has 0 radical (unpaired) electrons. The highest BCUT2D eigenvalue weighted by molar-refractivity contribution is 7.80. The molecule has 1 saturated carbocycles. The van der Waals surface area contributed by atoms with Crippen LogP contribution in [0.3, 0.4) is 0 Å². The van der Waals surface area contributed by atoms with Gasteiger partial charge in [0.25, 0.3) is 0 Å². The Labute approximate surface area is 129 Å². The number of thiocarbonyl (C=S) groups is 1. The Kier molecular flexibility index (Phi) is 8.83. The summed E-state index contributed by atoms with van der Waals surface area (Å²) in [6.45, 7) is 2.23. The molecule has 116 valence electrons. The second-order valence-electron chi connectivity index (χ2n) is 5.99. The lowest BCUT2D eigenvalue weighted by atomic mass is 10.0. The number of nitrogens with two attached hydrogens (primary N) is 1. The van der Waals surface area contributed by atoms with Gasteiger partial charge in [-0.05, 0) is 19.3 Å². The molecule has 0 aliphatic heterocycles. The number of carbonyl (C=O) groups excluding carboxylic acids is 1. The Morgan fingerprint density at radius 1 is 1.15 bits per heavy atom. The van der Waals surface area contributed by atoms with E-state index in [4.69, 9.17) is 18.0 Å². The first kappa shape index (κ1) is 17.4. The van der Waals surface area contributed by atoms with E-state index in [2.05, 4.69) is 12.2 Å². The molecule has 0 heterocycles. The maximum Gasteiger partial charge on any atom is 0.220 e. The normalized spacial score (nSPS) is 21.9. The minimum absolute atomic E-state index is 0.173. The van der Waals surface area contributed by atoms with E-state index in [1.807, 2.05) is 0 Å². The van der Waals surface area contributed by atoms with Crippen molar-refractivity contribution in [1.82, 2.24) is 5.32 Å². The van der Waals surface area contributed by atoms with Crippen LogP contribution in [0.1, 0.15) is 77.6 Å². The van der Waals surface area contributed by atoms with E-state index in [0.29, 0.717) is 11.4 Å². The number of hydrogen-bond donors (Lipinski definition) is 2. The van der Waals surface area contributed by atoms with Crippen molar-refractivity contribution in [1.29, 1.82) is 0 Å². The van der Waals surface area contributed by atoms with Gasteiger partial charge in [0.05, 0.1) is 4.99 Å². The maximum atomic E-state index is 11.9. The van der Waals surface area contributed by atoms with Gasteiger partial charge in [0.2, 0.25) is 5.91 Å². The van der Waals surface area contributed by atoms with Crippen LogP contribution in [-0.4, -0.2) is 16.9 Å². The van der Waals surface area contributed by atoms with Crippen molar-refractivity contribution in [3.63, 3.8) is 0 Å². The van der Waals surface area contributed by atoms with Gasteiger partial charge in [-0.3, -0.25) is 4.79 Å². The fourth-order valence-corrected chi connectivity index (χ4v) is 3.28. The Balaban J connectivity index is 2.07. The molecular weight excluding hydrogens is 268 g/mol. The lowest BCUT2D eigenvalue weighted by Crippen LogP contribution is -2.41. The molecule has 3 N–H and O–H groups in total. The van der Waals surface area contributed by atoms with Crippen LogP contribution < -0.4 is 11.1 Å². The minimum Gasteiger partial charge on any atom is -0.393 e. The third-order valence-corrected chi connectivity index (χ3v) is 4.54. The summed E-state index contributed by atoms with van der Waals surface area (Å²) in [5, 5.41) is 3.12. The van der Waals surface area contributed by atoms with E-state index in [1.54, 1.807) is 0 Å². The quantitative estimate of drug-likeness (QED) is 0.477. The molecule has 0 spiro atoms. The highest BCUT2D eigenvalue weighted by Crippen LogP contribution is 2.26. The summed E-state index contributed by atoms with van der Waals surface area (Å²) in [6, 6.07) is 0.185. The molecule has 20 heavy (non-hydrogen) atoms. The number of unbranched alkanes of at least 4 members (excludes halogenated alkanes) is 6. The topological polar surface area (TPSA) is 55.1 Å². The Hall–Kier alpha value is -0.640. The molecule has 0 aromatic carbocycles. The molecule has 4 heteroatoms. The predicted molar refractivity (Wildman–Crippen MR) is 88.7 cm³/mol. The van der Waals surface area contributed by atoms with E-state index in [9.17, 15) is 4.79 Å². The molecule has 2 atom stereocenters. The minimum atomic E-state index is 0.173. The Bertz CT molecular complexity index is 307. The van der Waals surface area contributed by atoms with Gasteiger partial charge in [-0.15, -0.1) is 0 Å². The smallest absolute Gasteiger partial charge is 0.220 e. The van der Waals surface area contributed by atoms with Gasteiger partial charge in [0, 0.05) is 18.4 Å². The van der Waals surface area contributed by atoms with E-state index in [0.717, 1.165) is 25.7 Å². The summed E-state index contributed by atoms with van der Waals surface area (Å²) in [5.74, 6) is 0.384. The first-order valence-electron chi connectivity index (χ1n) is 8.23. The van der Waals surface area contributed by atoms with Crippen molar-refractivity contribution in [2.75, 3.05) is 0 Å². The zero-order chi connectivity index (χ0) is 14.8. The molecule has 2 unspecified atom stereocenters. The van der Waals surface area contributed by atoms with Gasteiger partial charge >= 0.3 is 0 Å². The molecule has 1 amide bonds. The summed E-state index contributed by atoms with van der Waals surface area (Å²) in [5.41, 5.74) is 5.72. The average molecular weight is 298 g/mol. The molecule has 1 rings (SSSR count). The van der Waals surface area contributed by atoms with Gasteiger partial charge in [-0.25, -0.2) is 0 Å². The van der Waals surface area contributed by atoms with Crippen molar-refractivity contribution in [3.8, 4) is 0 Å². The lowest BCUT2D eigenvalue weighted by Gasteiger charge is -2.19. The monoisotopic (exact) mass is 298 g/mol. The first-order chi connectivity index (χ1) is 9.65. The van der Waals surface area contributed by atoms with Crippen molar-refractivity contribution in [2.45, 2.75) is 83.6 Å². The van der Waals surface area contributed by atoms with Crippen LogP contribution in [0.25, 0.3) is 0 Å². The van der Waals surface area contributed by atoms with Gasteiger partial charge in [-0.2, -0.15) is 0 Å². The molecular formula is C16H30N2OS. The number of nitrogens with one attached hydrogen (secondary N) is 1. The zero-order valence-corrected chi connectivity index (χ0v) is 13.6. The van der Waals surface area contributed by atoms with Crippen LogP contribution in [-0.2, 0) is 4.79 Å². The average Bonchev–Trinajstić information content (AvgIpc) is 2.86. The highest BCUT2D eigenvalue weighted by atomic mass is 32.1. The molecule has 0 aromatic rings. The number of hydrogen-bond acceptors (Lipinski definition) is 2. The van der Waals surface area contributed by atoms with Crippen LogP contribution in [0, 0.1) is 5.92 Å². The van der Waals surface area contributed by atoms with E-state index in [1.165, 1.54) is 38.5 Å². The molecule has 3 nitrogen and oxygen atoms in total. The Morgan fingerprint density at radius 2 is 1.80 bits per heavy atom. The van der Waals surface area contributed by atoms with Crippen LogP contribution in [0.4, 0.5) is 0 Å². The van der Waals surface area contributed by atoms with E-state index < -0.39 is 0 Å². The fraction of sp³-hybridized carbons (Fsp3) is 0.875. The first-order valence-corrected chi connectivity index (χ1v) is 8.64. The van der Waals surface area contributed by atoms with Crippen molar-refractivity contribution >= 4 is 23.1 Å². The summed E-state index contributed by atoms with van der Waals surface area (Å²) in [7, 11) is 0. The van der Waals surface area contributed by atoms with E-state index >= 15 is 0 Å². The SMILES string of the molecule is CCCCCCCCCC(=O)NC1CCCC1C(N)=S. The highest BCUT2D eigenvalue weighted by Gasteiger charge is 2.30. The van der Waals surface area contributed by atoms with E-state index in [-0.39, 0.29) is 17.9 Å².